The summed E-state index contributed by atoms with van der Waals surface area (Å²) in [6.07, 6.45) is 0. The number of benzene rings is 1. The molecule has 1 heterocycles. The van der Waals surface area contributed by atoms with E-state index in [0.717, 1.165) is 5.56 Å². The molecule has 6 heteroatoms. The number of hydrazine groups is 1. The lowest BCUT2D eigenvalue weighted by molar-refractivity contribution is 0.102. The van der Waals surface area contributed by atoms with Crippen LogP contribution < -0.4 is 16.6 Å². The van der Waals surface area contributed by atoms with Crippen LogP contribution in [-0.4, -0.2) is 10.9 Å². The molecule has 0 bridgehead atoms. The molecule has 98 valence electrons. The van der Waals surface area contributed by atoms with E-state index >= 15 is 0 Å². The van der Waals surface area contributed by atoms with E-state index in [0.29, 0.717) is 16.5 Å². The summed E-state index contributed by atoms with van der Waals surface area (Å²) in [5, 5.41) is 3.33. The van der Waals surface area contributed by atoms with Gasteiger partial charge in [-0.05, 0) is 36.8 Å². The molecule has 0 saturated heterocycles. The van der Waals surface area contributed by atoms with Crippen molar-refractivity contribution in [1.82, 2.24) is 4.98 Å². The van der Waals surface area contributed by atoms with Gasteiger partial charge in [-0.25, -0.2) is 10.8 Å². The van der Waals surface area contributed by atoms with Crippen molar-refractivity contribution in [2.24, 2.45) is 5.84 Å². The number of carbonyl (C=O) groups is 1. The fourth-order valence-electron chi connectivity index (χ4n) is 1.56. The molecule has 5 nitrogen and oxygen atoms in total. The average molecular weight is 277 g/mol. The number of nitrogens with zero attached hydrogens (tertiary/aromatic N) is 1. The number of halogens is 1. The molecule has 0 spiro atoms. The van der Waals surface area contributed by atoms with Crippen LogP contribution in [-0.2, 0) is 0 Å². The van der Waals surface area contributed by atoms with Gasteiger partial charge in [0, 0.05) is 10.7 Å². The number of carbonyl (C=O) groups excluding carboxylic acids is 1. The number of aromatic nitrogens is 1. The lowest BCUT2D eigenvalue weighted by Crippen LogP contribution is -2.16. The van der Waals surface area contributed by atoms with Crippen LogP contribution in [0, 0.1) is 6.92 Å². The van der Waals surface area contributed by atoms with Crippen LogP contribution >= 0.6 is 11.6 Å². The van der Waals surface area contributed by atoms with E-state index in [2.05, 4.69) is 15.7 Å². The van der Waals surface area contributed by atoms with Crippen LogP contribution in [0.5, 0.6) is 0 Å². The Morgan fingerprint density at radius 3 is 2.84 bits per heavy atom. The summed E-state index contributed by atoms with van der Waals surface area (Å²) in [6, 6.07) is 10.3. The predicted octanol–water partition coefficient (Wildman–Crippen LogP) is 2.58. The molecule has 0 aliphatic carbocycles. The second-order valence-electron chi connectivity index (χ2n) is 3.97. The van der Waals surface area contributed by atoms with Crippen molar-refractivity contribution in [2.45, 2.75) is 6.92 Å². The van der Waals surface area contributed by atoms with Crippen molar-refractivity contribution in [3.8, 4) is 0 Å². The van der Waals surface area contributed by atoms with Gasteiger partial charge >= 0.3 is 0 Å². The minimum absolute atomic E-state index is 0.273. The molecule has 2 aromatic rings. The van der Waals surface area contributed by atoms with Crippen LogP contribution in [0.4, 0.5) is 11.5 Å². The van der Waals surface area contributed by atoms with Gasteiger partial charge < -0.3 is 10.7 Å². The van der Waals surface area contributed by atoms with E-state index in [9.17, 15) is 4.79 Å². The Bertz CT molecular complexity index is 615. The second kappa shape index (κ2) is 5.69. The number of nitrogens with one attached hydrogen (secondary N) is 2. The fourth-order valence-corrected chi connectivity index (χ4v) is 1.73. The highest BCUT2D eigenvalue weighted by atomic mass is 35.5. The molecule has 2 rings (SSSR count). The number of hydrogen-bond donors (Lipinski definition) is 3. The molecule has 1 aromatic carbocycles. The van der Waals surface area contributed by atoms with Crippen molar-refractivity contribution in [3.05, 3.63) is 52.7 Å². The number of hydrogen-bond acceptors (Lipinski definition) is 4. The van der Waals surface area contributed by atoms with Gasteiger partial charge in [-0.15, -0.1) is 0 Å². The SMILES string of the molecule is Cc1ccc(Cl)cc1NC(=O)c1cccc(NN)n1. The van der Waals surface area contributed by atoms with E-state index in [1.807, 2.05) is 13.0 Å². The first-order valence-corrected chi connectivity index (χ1v) is 5.99. The van der Waals surface area contributed by atoms with Gasteiger partial charge in [0.05, 0.1) is 0 Å². The molecule has 0 unspecified atom stereocenters. The smallest absolute Gasteiger partial charge is 0.274 e. The Labute approximate surface area is 115 Å². The molecular formula is C13H13ClN4O. The lowest BCUT2D eigenvalue weighted by atomic mass is 10.2. The summed E-state index contributed by atoms with van der Waals surface area (Å²) in [5.41, 5.74) is 4.25. The molecule has 19 heavy (non-hydrogen) atoms. The number of rotatable bonds is 3. The molecule has 1 amide bonds. The zero-order valence-corrected chi connectivity index (χ0v) is 11.0. The number of nitrogens with two attached hydrogens (primary N) is 1. The normalized spacial score (nSPS) is 10.1. The van der Waals surface area contributed by atoms with Crippen molar-refractivity contribution in [1.29, 1.82) is 0 Å². The third-order valence-corrected chi connectivity index (χ3v) is 2.81. The molecule has 0 radical (unpaired) electrons. The van der Waals surface area contributed by atoms with Gasteiger partial charge in [0.1, 0.15) is 11.5 Å². The van der Waals surface area contributed by atoms with E-state index < -0.39 is 0 Å². The number of amides is 1. The summed E-state index contributed by atoms with van der Waals surface area (Å²) in [7, 11) is 0. The number of aryl methyl sites for hydroxylation is 1. The van der Waals surface area contributed by atoms with Gasteiger partial charge in [-0.2, -0.15) is 0 Å². The number of pyridine rings is 1. The zero-order chi connectivity index (χ0) is 13.8. The maximum absolute atomic E-state index is 12.1. The molecule has 0 atom stereocenters. The van der Waals surface area contributed by atoms with Gasteiger partial charge in [0.2, 0.25) is 0 Å². The Balaban J connectivity index is 2.22. The molecule has 0 aliphatic heterocycles. The highest BCUT2D eigenvalue weighted by molar-refractivity contribution is 6.31. The Hall–Kier alpha value is -2.11. The van der Waals surface area contributed by atoms with Crippen LogP contribution in [0.15, 0.2) is 36.4 Å². The van der Waals surface area contributed by atoms with Gasteiger partial charge in [-0.1, -0.05) is 23.7 Å². The Morgan fingerprint density at radius 1 is 1.32 bits per heavy atom. The summed E-state index contributed by atoms with van der Waals surface area (Å²) < 4.78 is 0. The molecular weight excluding hydrogens is 264 g/mol. The fraction of sp³-hybridized carbons (Fsp3) is 0.0769. The highest BCUT2D eigenvalue weighted by Gasteiger charge is 2.10. The Morgan fingerprint density at radius 2 is 2.11 bits per heavy atom. The van der Waals surface area contributed by atoms with Crippen molar-refractivity contribution < 1.29 is 4.79 Å². The van der Waals surface area contributed by atoms with Crippen molar-refractivity contribution >= 4 is 29.0 Å². The summed E-state index contributed by atoms with van der Waals surface area (Å²) in [4.78, 5) is 16.1. The number of anilines is 2. The lowest BCUT2D eigenvalue weighted by Gasteiger charge is -2.09. The van der Waals surface area contributed by atoms with Crippen LogP contribution in [0.1, 0.15) is 16.1 Å². The Kier molecular flexibility index (Phi) is 3.99. The maximum Gasteiger partial charge on any atom is 0.274 e. The molecule has 0 fully saturated rings. The van der Waals surface area contributed by atoms with Crippen LogP contribution in [0.3, 0.4) is 0 Å². The summed E-state index contributed by atoms with van der Waals surface area (Å²) >= 11 is 5.90. The van der Waals surface area contributed by atoms with E-state index in [4.69, 9.17) is 17.4 Å². The van der Waals surface area contributed by atoms with E-state index in [1.54, 1.807) is 30.3 Å². The quantitative estimate of drug-likeness (QED) is 0.595. The molecule has 0 aliphatic rings. The molecule has 0 saturated carbocycles. The standard InChI is InChI=1S/C13H13ClN4O/c1-8-5-6-9(14)7-11(8)17-13(19)10-3-2-4-12(16-10)18-15/h2-7H,15H2,1H3,(H,16,18)(H,17,19). The second-order valence-corrected chi connectivity index (χ2v) is 4.40. The average Bonchev–Trinajstić information content (AvgIpc) is 2.43. The van der Waals surface area contributed by atoms with Gasteiger partial charge in [0.15, 0.2) is 0 Å². The molecule has 4 N–H and O–H groups in total. The predicted molar refractivity (Wildman–Crippen MR) is 76.2 cm³/mol. The summed E-state index contributed by atoms with van der Waals surface area (Å²) in [5.74, 6) is 5.36. The first kappa shape index (κ1) is 13.3. The van der Waals surface area contributed by atoms with E-state index in [1.165, 1.54) is 0 Å². The monoisotopic (exact) mass is 276 g/mol. The van der Waals surface area contributed by atoms with Crippen LogP contribution in [0.25, 0.3) is 0 Å². The largest absolute Gasteiger partial charge is 0.320 e. The van der Waals surface area contributed by atoms with Gasteiger partial charge in [-0.3, -0.25) is 4.79 Å². The van der Waals surface area contributed by atoms with Gasteiger partial charge in [0.25, 0.3) is 5.91 Å². The number of nitrogen functional groups attached to an aromatic ring is 1. The third-order valence-electron chi connectivity index (χ3n) is 2.58. The van der Waals surface area contributed by atoms with Crippen molar-refractivity contribution in [2.75, 3.05) is 10.7 Å². The first-order chi connectivity index (χ1) is 9.10. The molecule has 1 aromatic heterocycles. The third kappa shape index (κ3) is 3.21. The maximum atomic E-state index is 12.1. The first-order valence-electron chi connectivity index (χ1n) is 5.61. The minimum atomic E-state index is -0.317. The topological polar surface area (TPSA) is 80.0 Å². The van der Waals surface area contributed by atoms with E-state index in [-0.39, 0.29) is 11.6 Å². The highest BCUT2D eigenvalue weighted by Crippen LogP contribution is 2.20. The minimum Gasteiger partial charge on any atom is -0.320 e. The van der Waals surface area contributed by atoms with Crippen molar-refractivity contribution in [3.63, 3.8) is 0 Å². The summed E-state index contributed by atoms with van der Waals surface area (Å²) in [6.45, 7) is 1.89. The van der Waals surface area contributed by atoms with Crippen LogP contribution in [0.2, 0.25) is 5.02 Å². The zero-order valence-electron chi connectivity index (χ0n) is 10.3.